The Labute approximate surface area is 105 Å². The number of nitrogens with one attached hydrogen (secondary N) is 3. The number of rotatable bonds is 8. The van der Waals surface area contributed by atoms with Gasteiger partial charge in [0, 0.05) is 35.7 Å². The van der Waals surface area contributed by atoms with Crippen LogP contribution < -0.4 is 16.0 Å². The topological polar surface area (TPSA) is 36.1 Å². The van der Waals surface area contributed by atoms with Gasteiger partial charge in [0.05, 0.1) is 0 Å². The van der Waals surface area contributed by atoms with Gasteiger partial charge in [0.25, 0.3) is 0 Å². The Kier molecular flexibility index (Phi) is 7.28. The van der Waals surface area contributed by atoms with E-state index in [1.807, 2.05) is 14.1 Å². The molecule has 0 aromatic carbocycles. The van der Waals surface area contributed by atoms with Gasteiger partial charge in [-0.15, -0.1) is 0 Å². The van der Waals surface area contributed by atoms with Crippen molar-refractivity contribution in [1.82, 2.24) is 16.0 Å². The fourth-order valence-electron chi connectivity index (χ4n) is 1.20. The molecule has 0 heterocycles. The largest absolute Gasteiger partial charge is 0.318 e. The lowest BCUT2D eigenvalue weighted by Crippen LogP contribution is -2.59. The summed E-state index contributed by atoms with van der Waals surface area (Å²) in [6.07, 6.45) is 0. The molecule has 0 saturated heterocycles. The van der Waals surface area contributed by atoms with Crippen LogP contribution in [-0.2, 0) is 0 Å². The molecule has 0 amide bonds. The lowest BCUT2D eigenvalue weighted by Gasteiger charge is -2.35. The summed E-state index contributed by atoms with van der Waals surface area (Å²) >= 11 is 8.74. The quantitative estimate of drug-likeness (QED) is 0.405. The second kappa shape index (κ2) is 7.01. The Hall–Kier alpha value is 0.580. The third-order valence-corrected chi connectivity index (χ3v) is 4.17. The van der Waals surface area contributed by atoms with Gasteiger partial charge in [-0.2, -0.15) is 25.3 Å². The first-order chi connectivity index (χ1) is 6.95. The summed E-state index contributed by atoms with van der Waals surface area (Å²) in [5, 5.41) is 10.0. The standard InChI is InChI=1S/C10H25N3S2/c1-9(7-14,12-4)6-13-10(2,8-15)5-11-3/h11-15H,5-8H2,1-4H3. The SMILES string of the molecule is CNCC(C)(CS)NCC(C)(CS)NC. The summed E-state index contributed by atoms with van der Waals surface area (Å²) in [4.78, 5) is 0. The third-order valence-electron chi connectivity index (χ3n) is 2.77. The van der Waals surface area contributed by atoms with E-state index < -0.39 is 0 Å². The van der Waals surface area contributed by atoms with Crippen LogP contribution in [0.5, 0.6) is 0 Å². The highest BCUT2D eigenvalue weighted by Gasteiger charge is 2.26. The molecular formula is C10H25N3S2. The van der Waals surface area contributed by atoms with Crippen molar-refractivity contribution in [2.75, 3.05) is 38.7 Å². The van der Waals surface area contributed by atoms with Crippen molar-refractivity contribution in [3.05, 3.63) is 0 Å². The maximum atomic E-state index is 4.38. The van der Waals surface area contributed by atoms with Crippen LogP contribution in [-0.4, -0.2) is 49.8 Å². The highest BCUT2D eigenvalue weighted by molar-refractivity contribution is 7.80. The normalized spacial score (nSPS) is 19.6. The molecule has 0 rings (SSSR count). The molecule has 2 atom stereocenters. The maximum Gasteiger partial charge on any atom is 0.0366 e. The Morgan fingerprint density at radius 2 is 1.47 bits per heavy atom. The summed E-state index contributed by atoms with van der Waals surface area (Å²) < 4.78 is 0. The van der Waals surface area contributed by atoms with Crippen LogP contribution in [0.4, 0.5) is 0 Å². The molecule has 0 fully saturated rings. The number of hydrogen-bond acceptors (Lipinski definition) is 5. The second-order valence-corrected chi connectivity index (χ2v) is 5.20. The smallest absolute Gasteiger partial charge is 0.0366 e. The van der Waals surface area contributed by atoms with E-state index in [1.165, 1.54) is 0 Å². The molecule has 0 aliphatic rings. The number of thiol groups is 2. The summed E-state index contributed by atoms with van der Waals surface area (Å²) in [5.41, 5.74) is 0.0555. The molecule has 0 aromatic heterocycles. The molecular weight excluding hydrogens is 226 g/mol. The van der Waals surface area contributed by atoms with Crippen LogP contribution >= 0.6 is 25.3 Å². The highest BCUT2D eigenvalue weighted by Crippen LogP contribution is 2.09. The molecule has 92 valence electrons. The molecule has 2 unspecified atom stereocenters. The fraction of sp³-hybridized carbons (Fsp3) is 1.00. The molecule has 0 radical (unpaired) electrons. The van der Waals surface area contributed by atoms with E-state index in [2.05, 4.69) is 55.1 Å². The number of likely N-dealkylation sites (N-methyl/N-ethyl adjacent to an activating group) is 2. The van der Waals surface area contributed by atoms with Crippen molar-refractivity contribution >= 4 is 25.3 Å². The van der Waals surface area contributed by atoms with Gasteiger partial charge < -0.3 is 16.0 Å². The van der Waals surface area contributed by atoms with Crippen LogP contribution in [0, 0.1) is 0 Å². The van der Waals surface area contributed by atoms with E-state index in [9.17, 15) is 0 Å². The minimum absolute atomic E-state index is 0.0267. The van der Waals surface area contributed by atoms with Gasteiger partial charge in [0.1, 0.15) is 0 Å². The molecule has 0 aliphatic heterocycles. The van der Waals surface area contributed by atoms with Crippen LogP contribution in [0.3, 0.4) is 0 Å². The molecule has 0 saturated carbocycles. The van der Waals surface area contributed by atoms with Gasteiger partial charge in [-0.05, 0) is 27.9 Å². The van der Waals surface area contributed by atoms with E-state index in [0.717, 1.165) is 24.6 Å². The maximum absolute atomic E-state index is 4.38. The summed E-state index contributed by atoms with van der Waals surface area (Å²) in [6, 6.07) is 0. The molecule has 0 spiro atoms. The molecule has 0 bridgehead atoms. The highest BCUT2D eigenvalue weighted by atomic mass is 32.1. The van der Waals surface area contributed by atoms with E-state index in [4.69, 9.17) is 0 Å². The van der Waals surface area contributed by atoms with Gasteiger partial charge in [-0.1, -0.05) is 0 Å². The fourth-order valence-corrected chi connectivity index (χ4v) is 1.69. The minimum atomic E-state index is 0.0267. The Balaban J connectivity index is 4.20. The van der Waals surface area contributed by atoms with E-state index in [-0.39, 0.29) is 11.1 Å². The summed E-state index contributed by atoms with van der Waals surface area (Å²) in [6.45, 7) is 6.12. The minimum Gasteiger partial charge on any atom is -0.318 e. The van der Waals surface area contributed by atoms with Crippen molar-refractivity contribution in [2.45, 2.75) is 24.9 Å². The van der Waals surface area contributed by atoms with Crippen LogP contribution in [0.2, 0.25) is 0 Å². The predicted molar refractivity (Wildman–Crippen MR) is 75.5 cm³/mol. The first-order valence-electron chi connectivity index (χ1n) is 5.25. The van der Waals surface area contributed by atoms with Crippen molar-refractivity contribution in [2.24, 2.45) is 0 Å². The van der Waals surface area contributed by atoms with E-state index in [0.29, 0.717) is 0 Å². The van der Waals surface area contributed by atoms with Crippen LogP contribution in [0.1, 0.15) is 13.8 Å². The first-order valence-corrected chi connectivity index (χ1v) is 6.52. The molecule has 0 aromatic rings. The second-order valence-electron chi connectivity index (χ2n) is 4.57. The van der Waals surface area contributed by atoms with Crippen molar-refractivity contribution in [3.63, 3.8) is 0 Å². The van der Waals surface area contributed by atoms with Gasteiger partial charge in [-0.25, -0.2) is 0 Å². The van der Waals surface area contributed by atoms with Gasteiger partial charge in [-0.3, -0.25) is 0 Å². The molecule has 3 N–H and O–H groups in total. The zero-order valence-corrected chi connectivity index (χ0v) is 12.0. The van der Waals surface area contributed by atoms with Gasteiger partial charge in [0.2, 0.25) is 0 Å². The van der Waals surface area contributed by atoms with E-state index >= 15 is 0 Å². The van der Waals surface area contributed by atoms with Crippen molar-refractivity contribution < 1.29 is 0 Å². The van der Waals surface area contributed by atoms with Gasteiger partial charge in [0.15, 0.2) is 0 Å². The lowest BCUT2D eigenvalue weighted by molar-refractivity contribution is 0.316. The van der Waals surface area contributed by atoms with Crippen LogP contribution in [0.25, 0.3) is 0 Å². The Bertz CT molecular complexity index is 174. The third kappa shape index (κ3) is 5.45. The molecule has 0 aliphatic carbocycles. The van der Waals surface area contributed by atoms with Crippen molar-refractivity contribution in [3.8, 4) is 0 Å². The average Bonchev–Trinajstić information content (AvgIpc) is 2.26. The van der Waals surface area contributed by atoms with E-state index in [1.54, 1.807) is 0 Å². The predicted octanol–water partition coefficient (Wildman–Crippen LogP) is 0.392. The monoisotopic (exact) mass is 251 g/mol. The van der Waals surface area contributed by atoms with Crippen molar-refractivity contribution in [1.29, 1.82) is 0 Å². The molecule has 5 heteroatoms. The Morgan fingerprint density at radius 3 is 1.80 bits per heavy atom. The molecule has 3 nitrogen and oxygen atoms in total. The summed E-state index contributed by atoms with van der Waals surface area (Å²) in [7, 11) is 3.92. The first kappa shape index (κ1) is 15.6. The Morgan fingerprint density at radius 1 is 0.933 bits per heavy atom. The number of hydrogen-bond donors (Lipinski definition) is 5. The van der Waals surface area contributed by atoms with Crippen LogP contribution in [0.15, 0.2) is 0 Å². The summed E-state index contributed by atoms with van der Waals surface area (Å²) in [5.74, 6) is 1.61. The lowest BCUT2D eigenvalue weighted by atomic mass is 10.0. The van der Waals surface area contributed by atoms with Gasteiger partial charge >= 0.3 is 0 Å². The zero-order valence-electron chi connectivity index (χ0n) is 10.2. The zero-order chi connectivity index (χ0) is 11.9. The average molecular weight is 251 g/mol. The molecule has 15 heavy (non-hydrogen) atoms.